The molecule has 23 heavy (non-hydrogen) atoms. The van der Waals surface area contributed by atoms with E-state index in [1.54, 1.807) is 0 Å². The van der Waals surface area contributed by atoms with Crippen LogP contribution in [0.4, 0.5) is 0 Å². The molecule has 1 saturated carbocycles. The summed E-state index contributed by atoms with van der Waals surface area (Å²) in [6, 6.07) is 0.829. The molecule has 6 nitrogen and oxygen atoms in total. The lowest BCUT2D eigenvalue weighted by Gasteiger charge is -2.26. The molecule has 0 spiro atoms. The van der Waals surface area contributed by atoms with E-state index in [9.17, 15) is 4.79 Å². The van der Waals surface area contributed by atoms with Gasteiger partial charge in [0, 0.05) is 23.4 Å². The van der Waals surface area contributed by atoms with Crippen LogP contribution in [0.5, 0.6) is 0 Å². The number of methoxy groups -OCH3 is 1. The number of rotatable bonds is 12. The van der Waals surface area contributed by atoms with Crippen LogP contribution >= 0.6 is 0 Å². The molecule has 0 bridgehead atoms. The van der Waals surface area contributed by atoms with Crippen molar-refractivity contribution >= 4 is 5.97 Å². The molecule has 1 N–H and O–H groups in total. The van der Waals surface area contributed by atoms with E-state index in [0.29, 0.717) is 12.5 Å². The third-order valence-corrected chi connectivity index (χ3v) is 4.63. The first-order chi connectivity index (χ1) is 11.3. The Labute approximate surface area is 140 Å². The number of nitrogens with zero attached hydrogens (tertiary/aromatic N) is 3. The standard InChI is InChI=1S/C17H32N4O2/c1-23-17(22)9-7-5-3-2-4-6-8-14-19-15-10-12-16(13-11-15)20-21-18/h15-16,19H,2-14H2,1H3. The molecule has 0 unspecified atom stereocenters. The Morgan fingerprint density at radius 1 is 1.09 bits per heavy atom. The first kappa shape index (κ1) is 19.8. The Morgan fingerprint density at radius 2 is 1.70 bits per heavy atom. The minimum absolute atomic E-state index is 0.0930. The molecule has 6 heteroatoms. The molecular formula is C17H32N4O2. The largest absolute Gasteiger partial charge is 0.469 e. The molecular weight excluding hydrogens is 292 g/mol. The van der Waals surface area contributed by atoms with E-state index < -0.39 is 0 Å². The zero-order chi connectivity index (χ0) is 16.8. The molecule has 0 aromatic rings. The Bertz CT molecular complexity index is 362. The van der Waals surface area contributed by atoms with Crippen LogP contribution in [0, 0.1) is 0 Å². The Kier molecular flexibility index (Phi) is 11.4. The fourth-order valence-electron chi connectivity index (χ4n) is 3.15. The average Bonchev–Trinajstić information content (AvgIpc) is 2.58. The number of hydrogen-bond donors (Lipinski definition) is 1. The number of azide groups is 1. The minimum atomic E-state index is -0.0930. The van der Waals surface area contributed by atoms with Gasteiger partial charge in [-0.1, -0.05) is 37.2 Å². The summed E-state index contributed by atoms with van der Waals surface area (Å²) in [6.07, 6.45) is 13.2. The second kappa shape index (κ2) is 13.2. The molecule has 0 amide bonds. The van der Waals surface area contributed by atoms with Crippen molar-refractivity contribution in [1.82, 2.24) is 5.32 Å². The van der Waals surface area contributed by atoms with Gasteiger partial charge in [-0.2, -0.15) is 0 Å². The van der Waals surface area contributed by atoms with Gasteiger partial charge in [-0.15, -0.1) is 0 Å². The van der Waals surface area contributed by atoms with Crippen molar-refractivity contribution in [3.8, 4) is 0 Å². The van der Waals surface area contributed by atoms with Gasteiger partial charge in [-0.05, 0) is 50.6 Å². The van der Waals surface area contributed by atoms with E-state index in [1.165, 1.54) is 39.2 Å². The van der Waals surface area contributed by atoms with E-state index in [-0.39, 0.29) is 12.0 Å². The number of carbonyl (C=O) groups is 1. The summed E-state index contributed by atoms with van der Waals surface area (Å²) in [5, 5.41) is 7.44. The van der Waals surface area contributed by atoms with Gasteiger partial charge in [0.2, 0.25) is 0 Å². The van der Waals surface area contributed by atoms with Gasteiger partial charge in [0.05, 0.1) is 7.11 Å². The highest BCUT2D eigenvalue weighted by molar-refractivity contribution is 5.68. The zero-order valence-corrected chi connectivity index (χ0v) is 14.5. The van der Waals surface area contributed by atoms with Crippen molar-refractivity contribution in [2.45, 2.75) is 89.1 Å². The summed E-state index contributed by atoms with van der Waals surface area (Å²) in [5.74, 6) is -0.0930. The van der Waals surface area contributed by atoms with Crippen molar-refractivity contribution in [2.75, 3.05) is 13.7 Å². The molecule has 0 aromatic carbocycles. The van der Waals surface area contributed by atoms with Gasteiger partial charge >= 0.3 is 5.97 Å². The van der Waals surface area contributed by atoms with Gasteiger partial charge < -0.3 is 10.1 Å². The van der Waals surface area contributed by atoms with Crippen LogP contribution < -0.4 is 5.32 Å². The first-order valence-corrected chi connectivity index (χ1v) is 9.10. The first-order valence-electron chi connectivity index (χ1n) is 9.10. The van der Waals surface area contributed by atoms with Crippen molar-refractivity contribution in [1.29, 1.82) is 0 Å². The van der Waals surface area contributed by atoms with E-state index in [0.717, 1.165) is 45.1 Å². The molecule has 0 radical (unpaired) electrons. The highest BCUT2D eigenvalue weighted by atomic mass is 16.5. The smallest absolute Gasteiger partial charge is 0.305 e. The number of nitrogens with one attached hydrogen (secondary N) is 1. The molecule has 0 aromatic heterocycles. The summed E-state index contributed by atoms with van der Waals surface area (Å²) in [4.78, 5) is 13.9. The lowest BCUT2D eigenvalue weighted by Crippen LogP contribution is -2.34. The number of carbonyl (C=O) groups excluding carboxylic acids is 1. The van der Waals surface area contributed by atoms with Gasteiger partial charge in [0.15, 0.2) is 0 Å². The predicted molar refractivity (Wildman–Crippen MR) is 92.1 cm³/mol. The van der Waals surface area contributed by atoms with Crippen molar-refractivity contribution < 1.29 is 9.53 Å². The summed E-state index contributed by atoms with van der Waals surface area (Å²) >= 11 is 0. The Hall–Kier alpha value is -1.26. The maximum Gasteiger partial charge on any atom is 0.305 e. The van der Waals surface area contributed by atoms with Crippen molar-refractivity contribution in [3.05, 3.63) is 10.4 Å². The van der Waals surface area contributed by atoms with Crippen LogP contribution in [0.15, 0.2) is 5.11 Å². The number of esters is 1. The second-order valence-electron chi connectivity index (χ2n) is 6.47. The SMILES string of the molecule is COC(=O)CCCCCCCCCNC1CCC(N=[N+]=[N-])CC1. The third kappa shape index (κ3) is 10.2. The Balaban J connectivity index is 1.83. The highest BCUT2D eigenvalue weighted by Crippen LogP contribution is 2.21. The minimum Gasteiger partial charge on any atom is -0.469 e. The number of ether oxygens (including phenoxy) is 1. The molecule has 1 aliphatic carbocycles. The predicted octanol–water partition coefficient (Wildman–Crippen LogP) is 4.49. The maximum atomic E-state index is 10.9. The van der Waals surface area contributed by atoms with E-state index in [1.807, 2.05) is 0 Å². The van der Waals surface area contributed by atoms with Gasteiger partial charge in [0.1, 0.15) is 0 Å². The molecule has 0 aliphatic heterocycles. The quantitative estimate of drug-likeness (QED) is 0.189. The van der Waals surface area contributed by atoms with Crippen LogP contribution in [-0.2, 0) is 9.53 Å². The van der Waals surface area contributed by atoms with Crippen LogP contribution in [-0.4, -0.2) is 31.7 Å². The van der Waals surface area contributed by atoms with Crippen molar-refractivity contribution in [3.63, 3.8) is 0 Å². The van der Waals surface area contributed by atoms with Crippen LogP contribution in [0.1, 0.15) is 77.0 Å². The Morgan fingerprint density at radius 3 is 2.30 bits per heavy atom. The summed E-state index contributed by atoms with van der Waals surface area (Å²) < 4.78 is 4.62. The lowest BCUT2D eigenvalue weighted by atomic mass is 9.91. The van der Waals surface area contributed by atoms with Crippen LogP contribution in [0.3, 0.4) is 0 Å². The molecule has 1 fully saturated rings. The number of unbranched alkanes of at least 4 members (excludes halogenated alkanes) is 6. The average molecular weight is 324 g/mol. The second-order valence-corrected chi connectivity index (χ2v) is 6.47. The number of hydrogen-bond acceptors (Lipinski definition) is 4. The van der Waals surface area contributed by atoms with E-state index >= 15 is 0 Å². The summed E-state index contributed by atoms with van der Waals surface area (Å²) in [7, 11) is 1.45. The van der Waals surface area contributed by atoms with Crippen molar-refractivity contribution in [2.24, 2.45) is 5.11 Å². The lowest BCUT2D eigenvalue weighted by molar-refractivity contribution is -0.140. The van der Waals surface area contributed by atoms with Crippen LogP contribution in [0.25, 0.3) is 10.4 Å². The molecule has 1 rings (SSSR count). The van der Waals surface area contributed by atoms with Gasteiger partial charge in [-0.25, -0.2) is 0 Å². The topological polar surface area (TPSA) is 87.1 Å². The van der Waals surface area contributed by atoms with E-state index in [4.69, 9.17) is 5.53 Å². The molecule has 0 heterocycles. The molecule has 0 atom stereocenters. The molecule has 0 saturated heterocycles. The van der Waals surface area contributed by atoms with Crippen LogP contribution in [0.2, 0.25) is 0 Å². The highest BCUT2D eigenvalue weighted by Gasteiger charge is 2.19. The summed E-state index contributed by atoms with van der Waals surface area (Å²) in [6.45, 7) is 1.10. The fraction of sp³-hybridized carbons (Fsp3) is 0.941. The summed E-state index contributed by atoms with van der Waals surface area (Å²) in [5.41, 5.74) is 8.43. The normalized spacial score (nSPS) is 20.7. The third-order valence-electron chi connectivity index (χ3n) is 4.63. The monoisotopic (exact) mass is 324 g/mol. The van der Waals surface area contributed by atoms with Gasteiger partial charge in [-0.3, -0.25) is 4.79 Å². The van der Waals surface area contributed by atoms with Gasteiger partial charge in [0.25, 0.3) is 0 Å². The zero-order valence-electron chi connectivity index (χ0n) is 14.5. The molecule has 1 aliphatic rings. The maximum absolute atomic E-state index is 10.9. The molecule has 132 valence electrons. The van der Waals surface area contributed by atoms with E-state index in [2.05, 4.69) is 20.1 Å². The fourth-order valence-corrected chi connectivity index (χ4v) is 3.15.